The molecule has 128 valence electrons. The Morgan fingerprint density at radius 2 is 2.12 bits per heavy atom. The number of hydrogen-bond donors (Lipinski definition) is 2. The lowest BCUT2D eigenvalue weighted by Crippen LogP contribution is -2.23. The van der Waals surface area contributed by atoms with Gasteiger partial charge in [0.1, 0.15) is 5.82 Å². The molecule has 2 atom stereocenters. The molecule has 0 aliphatic carbocycles. The van der Waals surface area contributed by atoms with Crippen molar-refractivity contribution in [1.82, 2.24) is 14.9 Å². The number of benzene rings is 1. The molecule has 0 saturated carbocycles. The molecule has 1 aliphatic rings. The van der Waals surface area contributed by atoms with E-state index in [-0.39, 0.29) is 11.8 Å². The van der Waals surface area contributed by atoms with Gasteiger partial charge in [-0.2, -0.15) is 0 Å². The first-order chi connectivity index (χ1) is 11.7. The number of likely N-dealkylation sites (tertiary alicyclic amines) is 1. The maximum absolute atomic E-state index is 11.7. The maximum Gasteiger partial charge on any atom is 0.308 e. The van der Waals surface area contributed by atoms with Crippen molar-refractivity contribution in [3.63, 3.8) is 0 Å². The summed E-state index contributed by atoms with van der Waals surface area (Å²) in [4.78, 5) is 21.7. The van der Waals surface area contributed by atoms with Gasteiger partial charge in [-0.25, -0.2) is 4.98 Å². The van der Waals surface area contributed by atoms with Crippen LogP contribution in [0, 0.1) is 5.92 Å². The molecule has 1 aliphatic heterocycles. The molecule has 3 rings (SSSR count). The fourth-order valence-corrected chi connectivity index (χ4v) is 3.50. The second-order valence-electron chi connectivity index (χ2n) is 6.61. The lowest BCUT2D eigenvalue weighted by Gasteiger charge is -2.15. The zero-order valence-corrected chi connectivity index (χ0v) is 14.1. The summed E-state index contributed by atoms with van der Waals surface area (Å²) < 4.78 is 0. The minimum atomic E-state index is -0.709. The predicted molar refractivity (Wildman–Crippen MR) is 92.8 cm³/mol. The predicted octanol–water partition coefficient (Wildman–Crippen LogP) is 3.05. The monoisotopic (exact) mass is 327 g/mol. The Labute approximate surface area is 142 Å². The highest BCUT2D eigenvalue weighted by atomic mass is 16.4. The van der Waals surface area contributed by atoms with E-state index in [1.54, 1.807) is 0 Å². The fourth-order valence-electron chi connectivity index (χ4n) is 3.50. The molecule has 5 nitrogen and oxygen atoms in total. The van der Waals surface area contributed by atoms with Gasteiger partial charge in [0.05, 0.1) is 5.92 Å². The van der Waals surface area contributed by atoms with Crippen molar-refractivity contribution in [1.29, 1.82) is 0 Å². The number of carboxylic acid groups (broad SMARTS) is 1. The first kappa shape index (κ1) is 16.7. The Balaban J connectivity index is 1.67. The normalized spacial score (nSPS) is 21.2. The van der Waals surface area contributed by atoms with E-state index in [0.717, 1.165) is 49.4 Å². The molecular formula is C19H25N3O2. The summed E-state index contributed by atoms with van der Waals surface area (Å²) in [7, 11) is 0. The molecule has 24 heavy (non-hydrogen) atoms. The molecule has 0 spiro atoms. The van der Waals surface area contributed by atoms with Crippen LogP contribution in [-0.2, 0) is 17.8 Å². The van der Waals surface area contributed by atoms with E-state index in [1.807, 2.05) is 36.5 Å². The highest BCUT2D eigenvalue weighted by Gasteiger charge is 2.38. The molecule has 0 amide bonds. The average molecular weight is 327 g/mol. The summed E-state index contributed by atoms with van der Waals surface area (Å²) in [5, 5.41) is 9.58. The number of rotatable bonds is 7. The van der Waals surface area contributed by atoms with Gasteiger partial charge in [0.25, 0.3) is 0 Å². The summed E-state index contributed by atoms with van der Waals surface area (Å²) in [5.41, 5.74) is 2.18. The van der Waals surface area contributed by atoms with Crippen molar-refractivity contribution in [2.75, 3.05) is 13.1 Å². The lowest BCUT2D eigenvalue weighted by atomic mass is 9.89. The van der Waals surface area contributed by atoms with Crippen molar-refractivity contribution in [2.45, 2.75) is 38.6 Å². The van der Waals surface area contributed by atoms with Gasteiger partial charge >= 0.3 is 5.97 Å². The van der Waals surface area contributed by atoms with Crippen LogP contribution in [0.4, 0.5) is 0 Å². The second-order valence-corrected chi connectivity index (χ2v) is 6.61. The Bertz CT molecular complexity index is 668. The van der Waals surface area contributed by atoms with Gasteiger partial charge in [0.2, 0.25) is 0 Å². The third-order valence-electron chi connectivity index (χ3n) is 4.78. The van der Waals surface area contributed by atoms with E-state index >= 15 is 0 Å². The second kappa shape index (κ2) is 7.62. The zero-order chi connectivity index (χ0) is 16.9. The standard InChI is InChI=1S/C19H25N3O2/c1-2-3-9-18-20-10-15(21-18)11-22-12-16(17(13-22)19(23)24)14-7-5-4-6-8-14/h4-8,10,16-17H,2-3,9,11-13H2,1H3,(H,20,21)(H,23,24)/t16-,17+/m1/s1. The number of carbonyl (C=O) groups is 1. The third kappa shape index (κ3) is 3.85. The van der Waals surface area contributed by atoms with Crippen LogP contribution >= 0.6 is 0 Å². The molecule has 2 heterocycles. The van der Waals surface area contributed by atoms with Crippen LogP contribution in [0.3, 0.4) is 0 Å². The van der Waals surface area contributed by atoms with Gasteiger partial charge in [0, 0.05) is 43.9 Å². The molecular weight excluding hydrogens is 302 g/mol. The SMILES string of the molecule is CCCCc1ncc(CN2C[C@H](C(=O)O)[C@@H](c3ccccc3)C2)[nH]1. The average Bonchev–Trinajstić information content (AvgIpc) is 3.21. The van der Waals surface area contributed by atoms with Crippen LogP contribution in [0.2, 0.25) is 0 Å². The van der Waals surface area contributed by atoms with Gasteiger partial charge in [-0.05, 0) is 12.0 Å². The molecule has 5 heteroatoms. The molecule has 0 radical (unpaired) electrons. The van der Waals surface area contributed by atoms with Gasteiger partial charge in [-0.15, -0.1) is 0 Å². The minimum absolute atomic E-state index is 0.0474. The van der Waals surface area contributed by atoms with Gasteiger partial charge in [-0.1, -0.05) is 43.7 Å². The zero-order valence-electron chi connectivity index (χ0n) is 14.1. The molecule has 0 unspecified atom stereocenters. The van der Waals surface area contributed by atoms with Crippen molar-refractivity contribution in [2.24, 2.45) is 5.92 Å². The number of imidazole rings is 1. The number of aliphatic carboxylic acids is 1. The quantitative estimate of drug-likeness (QED) is 0.820. The minimum Gasteiger partial charge on any atom is -0.481 e. The first-order valence-corrected chi connectivity index (χ1v) is 8.70. The molecule has 0 bridgehead atoms. The molecule has 1 saturated heterocycles. The Hall–Kier alpha value is -2.14. The number of aromatic amines is 1. The van der Waals surface area contributed by atoms with E-state index in [2.05, 4.69) is 21.8 Å². The Morgan fingerprint density at radius 3 is 2.83 bits per heavy atom. The topological polar surface area (TPSA) is 69.2 Å². The van der Waals surface area contributed by atoms with Crippen molar-refractivity contribution >= 4 is 5.97 Å². The Morgan fingerprint density at radius 1 is 1.33 bits per heavy atom. The van der Waals surface area contributed by atoms with E-state index in [0.29, 0.717) is 6.54 Å². The molecule has 1 fully saturated rings. The number of aromatic nitrogens is 2. The fraction of sp³-hybridized carbons (Fsp3) is 0.474. The van der Waals surface area contributed by atoms with Crippen LogP contribution < -0.4 is 0 Å². The summed E-state index contributed by atoms with van der Waals surface area (Å²) in [6.45, 7) is 4.25. The van der Waals surface area contributed by atoms with Crippen LogP contribution in [0.25, 0.3) is 0 Å². The highest BCUT2D eigenvalue weighted by molar-refractivity contribution is 5.72. The largest absolute Gasteiger partial charge is 0.481 e. The molecule has 1 aromatic heterocycles. The maximum atomic E-state index is 11.7. The van der Waals surface area contributed by atoms with Crippen molar-refractivity contribution in [3.8, 4) is 0 Å². The van der Waals surface area contributed by atoms with E-state index in [9.17, 15) is 9.90 Å². The number of nitrogens with one attached hydrogen (secondary N) is 1. The first-order valence-electron chi connectivity index (χ1n) is 8.70. The number of aryl methyl sites for hydroxylation is 1. The smallest absolute Gasteiger partial charge is 0.308 e. The summed E-state index contributed by atoms with van der Waals surface area (Å²) in [6.07, 6.45) is 5.15. The van der Waals surface area contributed by atoms with E-state index in [4.69, 9.17) is 0 Å². The third-order valence-corrected chi connectivity index (χ3v) is 4.78. The van der Waals surface area contributed by atoms with Gasteiger partial charge in [0.15, 0.2) is 0 Å². The number of H-pyrrole nitrogens is 1. The number of carboxylic acids is 1. The number of hydrogen-bond acceptors (Lipinski definition) is 3. The summed E-state index contributed by atoms with van der Waals surface area (Å²) in [5.74, 6) is 0.0149. The highest BCUT2D eigenvalue weighted by Crippen LogP contribution is 2.33. The van der Waals surface area contributed by atoms with E-state index in [1.165, 1.54) is 0 Å². The number of unbranched alkanes of at least 4 members (excludes halogenated alkanes) is 1. The van der Waals surface area contributed by atoms with Crippen LogP contribution in [-0.4, -0.2) is 39.0 Å². The van der Waals surface area contributed by atoms with Gasteiger partial charge in [-0.3, -0.25) is 9.69 Å². The van der Waals surface area contributed by atoms with Gasteiger partial charge < -0.3 is 10.1 Å². The molecule has 1 aromatic carbocycles. The summed E-state index contributed by atoms with van der Waals surface area (Å²) in [6, 6.07) is 9.98. The Kier molecular flexibility index (Phi) is 5.30. The van der Waals surface area contributed by atoms with Crippen molar-refractivity contribution in [3.05, 3.63) is 53.6 Å². The van der Waals surface area contributed by atoms with Crippen LogP contribution in [0.15, 0.2) is 36.5 Å². The number of nitrogens with zero attached hydrogens (tertiary/aromatic N) is 2. The summed E-state index contributed by atoms with van der Waals surface area (Å²) >= 11 is 0. The lowest BCUT2D eigenvalue weighted by molar-refractivity contribution is -0.141. The van der Waals surface area contributed by atoms with E-state index < -0.39 is 5.97 Å². The molecule has 2 N–H and O–H groups in total. The van der Waals surface area contributed by atoms with Crippen LogP contribution in [0.5, 0.6) is 0 Å². The van der Waals surface area contributed by atoms with Crippen molar-refractivity contribution < 1.29 is 9.90 Å². The van der Waals surface area contributed by atoms with Crippen LogP contribution in [0.1, 0.15) is 42.8 Å². The molecule has 2 aromatic rings.